The number of hydrogen-bond acceptors (Lipinski definition) is 4. The molecule has 0 saturated carbocycles. The molecule has 6 nitrogen and oxygen atoms in total. The van der Waals surface area contributed by atoms with E-state index in [9.17, 15) is 9.59 Å². The molecule has 1 fully saturated rings. The van der Waals surface area contributed by atoms with Gasteiger partial charge in [-0.25, -0.2) is 0 Å². The number of carbonyl (C=O) groups is 1. The summed E-state index contributed by atoms with van der Waals surface area (Å²) in [7, 11) is 0. The molecule has 2 aromatic heterocycles. The van der Waals surface area contributed by atoms with Gasteiger partial charge in [-0.3, -0.25) is 19.5 Å². The second-order valence-electron chi connectivity index (χ2n) is 6.44. The quantitative estimate of drug-likeness (QED) is 0.898. The van der Waals surface area contributed by atoms with Gasteiger partial charge in [0.2, 0.25) is 11.5 Å². The monoisotopic (exact) mass is 340 g/mol. The topological polar surface area (TPSA) is 69.3 Å². The lowest BCUT2D eigenvalue weighted by Crippen LogP contribution is -2.49. The average molecular weight is 340 g/mol. The molecule has 1 unspecified atom stereocenters. The maximum Gasteiger partial charge on any atom is 0.247 e. The van der Waals surface area contributed by atoms with E-state index in [4.69, 9.17) is 0 Å². The van der Waals surface area contributed by atoms with E-state index < -0.39 is 0 Å². The third kappa shape index (κ3) is 4.54. The van der Waals surface area contributed by atoms with E-state index in [0.717, 1.165) is 31.7 Å². The highest BCUT2D eigenvalue weighted by Gasteiger charge is 2.24. The first-order valence-corrected chi connectivity index (χ1v) is 8.73. The summed E-state index contributed by atoms with van der Waals surface area (Å²) < 4.78 is 0. The Morgan fingerprint density at radius 2 is 2.04 bits per heavy atom. The van der Waals surface area contributed by atoms with Gasteiger partial charge in [0.1, 0.15) is 0 Å². The lowest BCUT2D eigenvalue weighted by Gasteiger charge is -2.38. The Bertz CT molecular complexity index is 731. The SMILES string of the molecule is CC(c1cccnc1)N1CCN(C(=O)CCc2ccc(=O)[nH]c2)CC1. The third-order valence-corrected chi connectivity index (χ3v) is 4.86. The average Bonchev–Trinajstić information content (AvgIpc) is 2.67. The van der Waals surface area contributed by atoms with Crippen molar-refractivity contribution < 1.29 is 4.79 Å². The van der Waals surface area contributed by atoms with Crippen LogP contribution < -0.4 is 5.56 Å². The van der Waals surface area contributed by atoms with Gasteiger partial charge in [-0.2, -0.15) is 0 Å². The molecule has 1 aliphatic heterocycles. The van der Waals surface area contributed by atoms with Gasteiger partial charge < -0.3 is 9.88 Å². The molecule has 0 aliphatic carbocycles. The molecule has 0 aromatic carbocycles. The number of amides is 1. The van der Waals surface area contributed by atoms with Crippen molar-refractivity contribution in [3.63, 3.8) is 0 Å². The summed E-state index contributed by atoms with van der Waals surface area (Å²) in [6, 6.07) is 7.65. The van der Waals surface area contributed by atoms with Crippen LogP contribution in [0, 0.1) is 0 Å². The summed E-state index contributed by atoms with van der Waals surface area (Å²) in [6.07, 6.45) is 6.51. The molecule has 25 heavy (non-hydrogen) atoms. The zero-order valence-corrected chi connectivity index (χ0v) is 14.5. The van der Waals surface area contributed by atoms with Gasteiger partial charge in [0.15, 0.2) is 0 Å². The van der Waals surface area contributed by atoms with Crippen molar-refractivity contribution in [3.8, 4) is 0 Å². The van der Waals surface area contributed by atoms with E-state index >= 15 is 0 Å². The number of nitrogens with zero attached hydrogens (tertiary/aromatic N) is 3. The van der Waals surface area contributed by atoms with Gasteiger partial charge in [-0.15, -0.1) is 0 Å². The van der Waals surface area contributed by atoms with Crippen LogP contribution in [-0.2, 0) is 11.2 Å². The predicted octanol–water partition coefficient (Wildman–Crippen LogP) is 1.61. The Balaban J connectivity index is 1.47. The maximum atomic E-state index is 12.4. The molecular formula is C19H24N4O2. The van der Waals surface area contributed by atoms with Gasteiger partial charge in [0.25, 0.3) is 0 Å². The first-order valence-electron chi connectivity index (χ1n) is 8.73. The van der Waals surface area contributed by atoms with Crippen LogP contribution >= 0.6 is 0 Å². The number of rotatable bonds is 5. The number of aromatic amines is 1. The van der Waals surface area contributed by atoms with Gasteiger partial charge in [0.05, 0.1) is 0 Å². The minimum atomic E-state index is -0.117. The zero-order chi connectivity index (χ0) is 17.6. The molecule has 3 rings (SSSR count). The van der Waals surface area contributed by atoms with Crippen LogP contribution in [0.1, 0.15) is 30.5 Å². The molecule has 6 heteroatoms. The summed E-state index contributed by atoms with van der Waals surface area (Å²) in [5.41, 5.74) is 2.08. The van der Waals surface area contributed by atoms with Crippen molar-refractivity contribution in [2.45, 2.75) is 25.8 Å². The molecule has 0 spiro atoms. The van der Waals surface area contributed by atoms with Crippen LogP contribution in [0.25, 0.3) is 0 Å². The van der Waals surface area contributed by atoms with Gasteiger partial charge in [-0.1, -0.05) is 12.1 Å². The van der Waals surface area contributed by atoms with Crippen molar-refractivity contribution in [1.29, 1.82) is 0 Å². The second kappa shape index (κ2) is 8.07. The predicted molar refractivity (Wildman–Crippen MR) is 96.2 cm³/mol. The van der Waals surface area contributed by atoms with Crippen molar-refractivity contribution >= 4 is 5.91 Å². The highest BCUT2D eigenvalue weighted by Crippen LogP contribution is 2.20. The Morgan fingerprint density at radius 1 is 1.24 bits per heavy atom. The number of nitrogens with one attached hydrogen (secondary N) is 1. The summed E-state index contributed by atoms with van der Waals surface area (Å²) in [5.74, 6) is 0.180. The molecule has 1 atom stereocenters. The van der Waals surface area contributed by atoms with Crippen LogP contribution in [0.5, 0.6) is 0 Å². The second-order valence-corrected chi connectivity index (χ2v) is 6.44. The van der Waals surface area contributed by atoms with Gasteiger partial charge in [-0.05, 0) is 30.5 Å². The number of aromatic nitrogens is 2. The largest absolute Gasteiger partial charge is 0.340 e. The van der Waals surface area contributed by atoms with E-state index in [1.54, 1.807) is 18.5 Å². The lowest BCUT2D eigenvalue weighted by atomic mass is 10.1. The molecule has 0 bridgehead atoms. The highest BCUT2D eigenvalue weighted by atomic mass is 16.2. The number of aryl methyl sites for hydroxylation is 1. The fraction of sp³-hybridized carbons (Fsp3) is 0.421. The smallest absolute Gasteiger partial charge is 0.247 e. The van der Waals surface area contributed by atoms with Crippen LogP contribution in [0.4, 0.5) is 0 Å². The minimum absolute atomic E-state index is 0.117. The third-order valence-electron chi connectivity index (χ3n) is 4.86. The van der Waals surface area contributed by atoms with Crippen molar-refractivity contribution in [2.24, 2.45) is 0 Å². The Hall–Kier alpha value is -2.47. The van der Waals surface area contributed by atoms with Gasteiger partial charge in [0, 0.05) is 63.3 Å². The van der Waals surface area contributed by atoms with Crippen LogP contribution in [0.3, 0.4) is 0 Å². The summed E-state index contributed by atoms with van der Waals surface area (Å²) in [4.78, 5) is 34.6. The van der Waals surface area contributed by atoms with Crippen LogP contribution in [0.2, 0.25) is 0 Å². The first kappa shape index (κ1) is 17.4. The summed E-state index contributed by atoms with van der Waals surface area (Å²) in [6.45, 7) is 5.45. The molecule has 132 valence electrons. The zero-order valence-electron chi connectivity index (χ0n) is 14.5. The van der Waals surface area contributed by atoms with Crippen molar-refractivity contribution in [1.82, 2.24) is 19.8 Å². The van der Waals surface area contributed by atoms with Crippen LogP contribution in [0.15, 0.2) is 47.7 Å². The summed E-state index contributed by atoms with van der Waals surface area (Å²) in [5, 5.41) is 0. The lowest BCUT2D eigenvalue weighted by molar-refractivity contribution is -0.133. The van der Waals surface area contributed by atoms with E-state index in [-0.39, 0.29) is 11.5 Å². The molecule has 1 aliphatic rings. The van der Waals surface area contributed by atoms with Crippen molar-refractivity contribution in [2.75, 3.05) is 26.2 Å². The molecule has 3 heterocycles. The fourth-order valence-corrected chi connectivity index (χ4v) is 3.20. The van der Waals surface area contributed by atoms with Crippen molar-refractivity contribution in [3.05, 3.63) is 64.3 Å². The molecular weight excluding hydrogens is 316 g/mol. The van der Waals surface area contributed by atoms with E-state index in [2.05, 4.69) is 27.9 Å². The first-order chi connectivity index (χ1) is 12.1. The molecule has 1 saturated heterocycles. The highest BCUT2D eigenvalue weighted by molar-refractivity contribution is 5.76. The van der Waals surface area contributed by atoms with E-state index in [0.29, 0.717) is 18.9 Å². The molecule has 1 amide bonds. The molecule has 0 radical (unpaired) electrons. The van der Waals surface area contributed by atoms with Crippen LogP contribution in [-0.4, -0.2) is 51.9 Å². The summed E-state index contributed by atoms with van der Waals surface area (Å²) >= 11 is 0. The number of H-pyrrole nitrogens is 1. The Kier molecular flexibility index (Phi) is 5.60. The Morgan fingerprint density at radius 3 is 2.68 bits per heavy atom. The number of carbonyl (C=O) groups excluding carboxylic acids is 1. The number of pyridine rings is 2. The number of hydrogen-bond donors (Lipinski definition) is 1. The Labute approximate surface area is 147 Å². The standard InChI is InChI=1S/C19H24N4O2/c1-15(17-3-2-8-20-14-17)22-9-11-23(12-10-22)19(25)7-5-16-4-6-18(24)21-13-16/h2-4,6,8,13-15H,5,7,9-12H2,1H3,(H,21,24). The fourth-order valence-electron chi connectivity index (χ4n) is 3.20. The van der Waals surface area contributed by atoms with Gasteiger partial charge >= 0.3 is 0 Å². The molecule has 1 N–H and O–H groups in total. The maximum absolute atomic E-state index is 12.4. The number of piperazine rings is 1. The van der Waals surface area contributed by atoms with E-state index in [1.165, 1.54) is 11.6 Å². The minimum Gasteiger partial charge on any atom is -0.340 e. The normalized spacial score (nSPS) is 16.6. The molecule has 2 aromatic rings. The van der Waals surface area contributed by atoms with E-state index in [1.807, 2.05) is 17.2 Å².